The smallest absolute Gasteiger partial charge is 0.311 e. The van der Waals surface area contributed by atoms with Crippen LogP contribution in [-0.4, -0.2) is 47.1 Å². The largest absolute Gasteiger partial charge is 0.487 e. The number of nitrogens with two attached hydrogens (primary N) is 1. The Bertz CT molecular complexity index is 689. The van der Waals surface area contributed by atoms with Gasteiger partial charge in [0.05, 0.1) is 11.5 Å². The summed E-state index contributed by atoms with van der Waals surface area (Å²) in [6, 6.07) is 3.15. The lowest BCUT2D eigenvalue weighted by molar-refractivity contribution is -0.386. The van der Waals surface area contributed by atoms with Gasteiger partial charge in [0.2, 0.25) is 11.7 Å². The topological polar surface area (TPSA) is 108 Å². The van der Waals surface area contributed by atoms with Crippen molar-refractivity contribution in [3.8, 4) is 11.5 Å². The molecule has 0 unspecified atom stereocenters. The first-order valence-electron chi connectivity index (χ1n) is 7.91. The molecular formula is C16H21N3O5. The molecule has 3 rings (SSSR count). The fourth-order valence-electron chi connectivity index (χ4n) is 3.29. The van der Waals surface area contributed by atoms with Crippen LogP contribution in [0.25, 0.3) is 0 Å². The van der Waals surface area contributed by atoms with Crippen molar-refractivity contribution in [1.82, 2.24) is 4.90 Å². The van der Waals surface area contributed by atoms with Crippen molar-refractivity contribution in [3.05, 3.63) is 27.8 Å². The van der Waals surface area contributed by atoms with E-state index in [0.29, 0.717) is 31.7 Å². The molecule has 2 N–H and O–H groups in total. The molecule has 24 heavy (non-hydrogen) atoms. The number of fused-ring (bicyclic) bond motifs is 1. The number of benzene rings is 1. The number of hydrogen-bond acceptors (Lipinski definition) is 6. The van der Waals surface area contributed by atoms with Gasteiger partial charge in [-0.05, 0) is 20.3 Å². The maximum Gasteiger partial charge on any atom is 0.311 e. The number of hydrogen-bond donors (Lipinski definition) is 1. The van der Waals surface area contributed by atoms with Crippen LogP contribution in [0.4, 0.5) is 5.69 Å². The second-order valence-corrected chi connectivity index (χ2v) is 6.95. The highest BCUT2D eigenvalue weighted by molar-refractivity contribution is 5.75. The van der Waals surface area contributed by atoms with E-state index in [2.05, 4.69) is 0 Å². The molecule has 0 saturated carbocycles. The van der Waals surface area contributed by atoms with Crippen LogP contribution in [0.3, 0.4) is 0 Å². The average molecular weight is 335 g/mol. The minimum atomic E-state index is -0.433. The van der Waals surface area contributed by atoms with Crippen LogP contribution < -0.4 is 15.2 Å². The average Bonchev–Trinajstić information content (AvgIpc) is 2.99. The molecule has 0 radical (unpaired) electrons. The van der Waals surface area contributed by atoms with Gasteiger partial charge in [0, 0.05) is 37.2 Å². The van der Waals surface area contributed by atoms with E-state index in [0.717, 1.165) is 5.56 Å². The van der Waals surface area contributed by atoms with E-state index in [1.165, 1.54) is 6.07 Å². The van der Waals surface area contributed by atoms with Crippen molar-refractivity contribution in [2.24, 2.45) is 5.73 Å². The zero-order valence-electron chi connectivity index (χ0n) is 13.8. The van der Waals surface area contributed by atoms with E-state index in [9.17, 15) is 14.9 Å². The fraction of sp³-hybridized carbons (Fsp3) is 0.562. The third-order valence-corrected chi connectivity index (χ3v) is 4.24. The Morgan fingerprint density at radius 3 is 2.96 bits per heavy atom. The monoisotopic (exact) mass is 335 g/mol. The molecular weight excluding hydrogens is 314 g/mol. The molecule has 1 saturated heterocycles. The van der Waals surface area contributed by atoms with Gasteiger partial charge < -0.3 is 15.2 Å². The predicted octanol–water partition coefficient (Wildman–Crippen LogP) is 1.25. The summed E-state index contributed by atoms with van der Waals surface area (Å²) in [5.74, 6) is 0.449. The third kappa shape index (κ3) is 3.43. The van der Waals surface area contributed by atoms with E-state index in [1.54, 1.807) is 6.07 Å². The van der Waals surface area contributed by atoms with Crippen LogP contribution in [0.1, 0.15) is 25.8 Å². The summed E-state index contributed by atoms with van der Waals surface area (Å²) in [4.78, 5) is 23.8. The Hall–Kier alpha value is -2.35. The SMILES string of the molecule is CC1(C)Cc2cc([N+](=O)[O-])c(O[C@@H]3CCN(CC(N)=O)C3)cc2O1. The number of rotatable bonds is 5. The first kappa shape index (κ1) is 16.5. The second-order valence-electron chi connectivity index (χ2n) is 6.95. The van der Waals surface area contributed by atoms with Gasteiger partial charge >= 0.3 is 5.69 Å². The van der Waals surface area contributed by atoms with Crippen molar-refractivity contribution >= 4 is 11.6 Å². The number of primary amides is 1. The molecule has 130 valence electrons. The van der Waals surface area contributed by atoms with Gasteiger partial charge in [-0.2, -0.15) is 0 Å². The minimum Gasteiger partial charge on any atom is -0.487 e. The summed E-state index contributed by atoms with van der Waals surface area (Å²) in [7, 11) is 0. The van der Waals surface area contributed by atoms with Gasteiger partial charge in [-0.25, -0.2) is 0 Å². The number of ether oxygens (including phenoxy) is 2. The van der Waals surface area contributed by atoms with Crippen LogP contribution in [0, 0.1) is 10.1 Å². The van der Waals surface area contributed by atoms with Gasteiger partial charge in [-0.1, -0.05) is 0 Å². The number of carbonyl (C=O) groups excluding carboxylic acids is 1. The van der Waals surface area contributed by atoms with E-state index in [-0.39, 0.29) is 29.7 Å². The van der Waals surface area contributed by atoms with Crippen LogP contribution >= 0.6 is 0 Å². The van der Waals surface area contributed by atoms with Crippen molar-refractivity contribution in [2.45, 2.75) is 38.4 Å². The van der Waals surface area contributed by atoms with Crippen LogP contribution in [-0.2, 0) is 11.2 Å². The summed E-state index contributed by atoms with van der Waals surface area (Å²) in [6.07, 6.45) is 1.10. The van der Waals surface area contributed by atoms with E-state index >= 15 is 0 Å². The summed E-state index contributed by atoms with van der Waals surface area (Å²) >= 11 is 0. The first-order chi connectivity index (χ1) is 11.2. The molecule has 1 aromatic carbocycles. The lowest BCUT2D eigenvalue weighted by Gasteiger charge is -2.17. The molecule has 2 aliphatic heterocycles. The molecule has 1 fully saturated rings. The number of nitro benzene ring substituents is 1. The van der Waals surface area contributed by atoms with E-state index in [1.807, 2.05) is 18.7 Å². The standard InChI is InChI=1S/C16H21N3O5/c1-16(2)7-10-5-12(19(21)22)14(6-13(10)24-16)23-11-3-4-18(8-11)9-15(17)20/h5-6,11H,3-4,7-9H2,1-2H3,(H2,17,20)/t11-/m1/s1. The number of amides is 1. The lowest BCUT2D eigenvalue weighted by atomic mass is 10.0. The molecule has 0 aliphatic carbocycles. The number of nitro groups is 1. The quantitative estimate of drug-likeness (QED) is 0.641. The Morgan fingerprint density at radius 1 is 1.54 bits per heavy atom. The molecule has 0 aromatic heterocycles. The normalized spacial score (nSPS) is 22.0. The zero-order chi connectivity index (χ0) is 17.5. The Kier molecular flexibility index (Phi) is 4.08. The summed E-state index contributed by atoms with van der Waals surface area (Å²) in [6.45, 7) is 5.25. The Labute approximate surface area is 139 Å². The second kappa shape index (κ2) is 5.94. The van der Waals surface area contributed by atoms with Crippen molar-refractivity contribution < 1.29 is 19.2 Å². The highest BCUT2D eigenvalue weighted by Gasteiger charge is 2.34. The zero-order valence-corrected chi connectivity index (χ0v) is 13.8. The van der Waals surface area contributed by atoms with Crippen molar-refractivity contribution in [3.63, 3.8) is 0 Å². The lowest BCUT2D eigenvalue weighted by Crippen LogP contribution is -2.33. The van der Waals surface area contributed by atoms with Crippen LogP contribution in [0.2, 0.25) is 0 Å². The Balaban J connectivity index is 1.79. The molecule has 8 heteroatoms. The Morgan fingerprint density at radius 2 is 2.29 bits per heavy atom. The molecule has 2 aliphatic rings. The van der Waals surface area contributed by atoms with Gasteiger partial charge in [0.25, 0.3) is 0 Å². The molecule has 8 nitrogen and oxygen atoms in total. The van der Waals surface area contributed by atoms with Gasteiger partial charge in [-0.15, -0.1) is 0 Å². The molecule has 1 amide bonds. The van der Waals surface area contributed by atoms with E-state index in [4.69, 9.17) is 15.2 Å². The molecule has 0 spiro atoms. The highest BCUT2D eigenvalue weighted by Crippen LogP contribution is 2.42. The molecule has 0 bridgehead atoms. The highest BCUT2D eigenvalue weighted by atomic mass is 16.6. The van der Waals surface area contributed by atoms with Crippen LogP contribution in [0.15, 0.2) is 12.1 Å². The maximum absolute atomic E-state index is 11.4. The minimum absolute atomic E-state index is 0.0524. The summed E-state index contributed by atoms with van der Waals surface area (Å²) < 4.78 is 11.7. The predicted molar refractivity (Wildman–Crippen MR) is 86.2 cm³/mol. The van der Waals surface area contributed by atoms with Crippen molar-refractivity contribution in [2.75, 3.05) is 19.6 Å². The maximum atomic E-state index is 11.4. The summed E-state index contributed by atoms with van der Waals surface area (Å²) in [5, 5.41) is 11.4. The van der Waals surface area contributed by atoms with E-state index < -0.39 is 10.8 Å². The van der Waals surface area contributed by atoms with Gasteiger partial charge in [0.15, 0.2) is 0 Å². The summed E-state index contributed by atoms with van der Waals surface area (Å²) in [5.41, 5.74) is 5.59. The molecule has 1 aromatic rings. The number of carbonyl (C=O) groups is 1. The number of likely N-dealkylation sites (tertiary alicyclic amines) is 1. The third-order valence-electron chi connectivity index (χ3n) is 4.24. The van der Waals surface area contributed by atoms with Crippen LogP contribution in [0.5, 0.6) is 11.5 Å². The molecule has 2 heterocycles. The van der Waals surface area contributed by atoms with Crippen molar-refractivity contribution in [1.29, 1.82) is 0 Å². The molecule has 1 atom stereocenters. The fourth-order valence-corrected chi connectivity index (χ4v) is 3.29. The van der Waals surface area contributed by atoms with Gasteiger partial charge in [0.1, 0.15) is 17.5 Å². The first-order valence-corrected chi connectivity index (χ1v) is 7.91. The number of nitrogens with zero attached hydrogens (tertiary/aromatic N) is 2. The van der Waals surface area contributed by atoms with Gasteiger partial charge in [-0.3, -0.25) is 19.8 Å².